The van der Waals surface area contributed by atoms with E-state index in [1.54, 1.807) is 6.07 Å². The lowest BCUT2D eigenvalue weighted by molar-refractivity contribution is 0.0691. The third-order valence-corrected chi connectivity index (χ3v) is 3.63. The highest BCUT2D eigenvalue weighted by Crippen LogP contribution is 2.19. The molecule has 0 saturated carbocycles. The minimum atomic E-state index is -0.130. The van der Waals surface area contributed by atoms with Gasteiger partial charge >= 0.3 is 0 Å². The number of aromatic nitrogens is 2. The molecule has 2 rings (SSSR count). The Morgan fingerprint density at radius 3 is 2.48 bits per heavy atom. The fraction of sp³-hybridized carbons (Fsp3) is 0.688. The summed E-state index contributed by atoms with van der Waals surface area (Å²) in [5.74, 6) is 1.25. The smallest absolute Gasteiger partial charge is 0.272 e. The molecule has 1 aromatic heterocycles. The van der Waals surface area contributed by atoms with Crippen LogP contribution in [0.15, 0.2) is 6.07 Å². The predicted octanol–water partition coefficient (Wildman–Crippen LogP) is 2.87. The van der Waals surface area contributed by atoms with Gasteiger partial charge in [-0.15, -0.1) is 0 Å². The van der Waals surface area contributed by atoms with Crippen molar-refractivity contribution in [2.75, 3.05) is 18.4 Å². The lowest BCUT2D eigenvalue weighted by Crippen LogP contribution is -2.38. The van der Waals surface area contributed by atoms with Gasteiger partial charge < -0.3 is 10.2 Å². The van der Waals surface area contributed by atoms with Crippen molar-refractivity contribution in [3.63, 3.8) is 0 Å². The summed E-state index contributed by atoms with van der Waals surface area (Å²) in [6.07, 6.45) is 2.14. The summed E-state index contributed by atoms with van der Waals surface area (Å²) < 4.78 is 0. The van der Waals surface area contributed by atoms with Gasteiger partial charge in [0.2, 0.25) is 5.95 Å². The first-order chi connectivity index (χ1) is 9.74. The van der Waals surface area contributed by atoms with Gasteiger partial charge in [0.05, 0.1) is 0 Å². The molecule has 2 heterocycles. The van der Waals surface area contributed by atoms with E-state index in [4.69, 9.17) is 0 Å². The molecule has 1 N–H and O–H groups in total. The molecule has 0 aromatic carbocycles. The number of piperidine rings is 1. The molecule has 0 aliphatic carbocycles. The Morgan fingerprint density at radius 1 is 1.29 bits per heavy atom. The number of anilines is 1. The van der Waals surface area contributed by atoms with E-state index in [0.29, 0.717) is 17.6 Å². The molecule has 21 heavy (non-hydrogen) atoms. The van der Waals surface area contributed by atoms with Gasteiger partial charge in [0.25, 0.3) is 5.91 Å². The average Bonchev–Trinajstić information content (AvgIpc) is 2.36. The maximum absolute atomic E-state index is 12.6. The fourth-order valence-corrected chi connectivity index (χ4v) is 2.44. The molecule has 116 valence electrons. The summed E-state index contributed by atoms with van der Waals surface area (Å²) in [5.41, 5.74) is 1.17. The van der Waals surface area contributed by atoms with Gasteiger partial charge in [0.15, 0.2) is 0 Å². The number of aryl methyl sites for hydroxylation is 1. The highest BCUT2D eigenvalue weighted by Gasteiger charge is 2.23. The van der Waals surface area contributed by atoms with Crippen LogP contribution < -0.4 is 5.32 Å². The average molecular weight is 290 g/mol. The molecule has 1 fully saturated rings. The van der Waals surface area contributed by atoms with E-state index in [9.17, 15) is 4.79 Å². The number of rotatable bonds is 2. The number of hydrogen-bond donors (Lipinski definition) is 1. The molecular formula is C16H26N4O. The highest BCUT2D eigenvalue weighted by molar-refractivity contribution is 5.92. The van der Waals surface area contributed by atoms with Gasteiger partial charge in [-0.05, 0) is 52.5 Å². The molecular weight excluding hydrogens is 264 g/mol. The van der Waals surface area contributed by atoms with E-state index in [1.807, 2.05) is 32.6 Å². The number of nitrogens with zero attached hydrogens (tertiary/aromatic N) is 3. The zero-order chi connectivity index (χ0) is 15.6. The van der Waals surface area contributed by atoms with Crippen molar-refractivity contribution >= 4 is 11.9 Å². The van der Waals surface area contributed by atoms with Gasteiger partial charge in [-0.2, -0.15) is 0 Å². The first kappa shape index (κ1) is 15.7. The topological polar surface area (TPSA) is 58.1 Å². The van der Waals surface area contributed by atoms with Gasteiger partial charge in [-0.3, -0.25) is 4.79 Å². The minimum Gasteiger partial charge on any atom is -0.350 e. The monoisotopic (exact) mass is 290 g/mol. The summed E-state index contributed by atoms with van der Waals surface area (Å²) in [4.78, 5) is 23.3. The Bertz CT molecular complexity index is 513. The maximum atomic E-state index is 12.6. The van der Waals surface area contributed by atoms with E-state index in [1.165, 1.54) is 0 Å². The first-order valence-corrected chi connectivity index (χ1v) is 7.68. The van der Waals surface area contributed by atoms with Crippen molar-refractivity contribution in [1.29, 1.82) is 0 Å². The van der Waals surface area contributed by atoms with Crippen LogP contribution in [-0.4, -0.2) is 39.4 Å². The van der Waals surface area contributed by atoms with Crippen molar-refractivity contribution in [3.05, 3.63) is 17.5 Å². The second kappa shape index (κ2) is 6.00. The van der Waals surface area contributed by atoms with E-state index in [-0.39, 0.29) is 11.4 Å². The normalized spacial score (nSPS) is 16.9. The Morgan fingerprint density at radius 2 is 1.90 bits per heavy atom. The van der Waals surface area contributed by atoms with Crippen molar-refractivity contribution in [2.45, 2.75) is 53.0 Å². The van der Waals surface area contributed by atoms with Crippen LogP contribution in [0.25, 0.3) is 0 Å². The zero-order valence-electron chi connectivity index (χ0n) is 13.7. The lowest BCUT2D eigenvalue weighted by atomic mass is 9.99. The van der Waals surface area contributed by atoms with Crippen molar-refractivity contribution in [1.82, 2.24) is 14.9 Å². The molecule has 5 heteroatoms. The van der Waals surface area contributed by atoms with Gasteiger partial charge in [0.1, 0.15) is 5.69 Å². The van der Waals surface area contributed by atoms with Gasteiger partial charge in [-0.25, -0.2) is 9.97 Å². The summed E-state index contributed by atoms with van der Waals surface area (Å²) in [5, 5.41) is 3.23. The summed E-state index contributed by atoms with van der Waals surface area (Å²) >= 11 is 0. The second-order valence-corrected chi connectivity index (χ2v) is 7.07. The quantitative estimate of drug-likeness (QED) is 0.910. The molecule has 5 nitrogen and oxygen atoms in total. The predicted molar refractivity (Wildman–Crippen MR) is 84.4 cm³/mol. The summed E-state index contributed by atoms with van der Waals surface area (Å²) in [7, 11) is 0. The van der Waals surface area contributed by atoms with E-state index >= 15 is 0 Å². The standard InChI is InChI=1S/C16H26N4O/c1-11-6-8-20(9-7-11)14(21)13-10-12(2)17-15(18-13)19-16(3,4)5/h10-11H,6-9H2,1-5H3,(H,17,18,19). The molecule has 0 bridgehead atoms. The van der Waals surface area contributed by atoms with Crippen molar-refractivity contribution in [3.8, 4) is 0 Å². The van der Waals surface area contributed by atoms with Gasteiger partial charge in [-0.1, -0.05) is 6.92 Å². The SMILES string of the molecule is Cc1cc(C(=O)N2CCC(C)CC2)nc(NC(C)(C)C)n1. The van der Waals surface area contributed by atoms with Crippen LogP contribution in [0.4, 0.5) is 5.95 Å². The van der Waals surface area contributed by atoms with E-state index in [2.05, 4.69) is 22.2 Å². The second-order valence-electron chi connectivity index (χ2n) is 7.07. The third-order valence-electron chi connectivity index (χ3n) is 3.63. The number of amides is 1. The van der Waals surface area contributed by atoms with Crippen LogP contribution >= 0.6 is 0 Å². The molecule has 1 aliphatic heterocycles. The maximum Gasteiger partial charge on any atom is 0.272 e. The number of likely N-dealkylation sites (tertiary alicyclic amines) is 1. The minimum absolute atomic E-state index is 0.0179. The highest BCUT2D eigenvalue weighted by atomic mass is 16.2. The summed E-state index contributed by atoms with van der Waals surface area (Å²) in [6.45, 7) is 11.9. The summed E-state index contributed by atoms with van der Waals surface area (Å²) in [6, 6.07) is 1.77. The van der Waals surface area contributed by atoms with Crippen LogP contribution in [0.5, 0.6) is 0 Å². The molecule has 1 aromatic rings. The Labute approximate surface area is 127 Å². The van der Waals surface area contributed by atoms with Crippen LogP contribution in [0, 0.1) is 12.8 Å². The molecule has 1 aliphatic rings. The van der Waals surface area contributed by atoms with E-state index < -0.39 is 0 Å². The number of hydrogen-bond acceptors (Lipinski definition) is 4. The van der Waals surface area contributed by atoms with E-state index in [0.717, 1.165) is 31.6 Å². The van der Waals surface area contributed by atoms with Crippen LogP contribution in [0.1, 0.15) is 56.7 Å². The van der Waals surface area contributed by atoms with Crippen molar-refractivity contribution < 1.29 is 4.79 Å². The number of carbonyl (C=O) groups is 1. The van der Waals surface area contributed by atoms with Gasteiger partial charge in [0, 0.05) is 24.3 Å². The number of carbonyl (C=O) groups excluding carboxylic acids is 1. The van der Waals surface area contributed by atoms with Crippen LogP contribution in [-0.2, 0) is 0 Å². The molecule has 1 amide bonds. The Kier molecular flexibility index (Phi) is 4.49. The Balaban J connectivity index is 2.17. The molecule has 1 saturated heterocycles. The van der Waals surface area contributed by atoms with Crippen molar-refractivity contribution in [2.24, 2.45) is 5.92 Å². The third kappa shape index (κ3) is 4.41. The lowest BCUT2D eigenvalue weighted by Gasteiger charge is -2.30. The molecule has 0 unspecified atom stereocenters. The molecule has 0 radical (unpaired) electrons. The molecule has 0 spiro atoms. The number of nitrogens with one attached hydrogen (secondary N) is 1. The zero-order valence-corrected chi connectivity index (χ0v) is 13.7. The van der Waals surface area contributed by atoms with Crippen LogP contribution in [0.3, 0.4) is 0 Å². The largest absolute Gasteiger partial charge is 0.350 e. The fourth-order valence-electron chi connectivity index (χ4n) is 2.44. The first-order valence-electron chi connectivity index (χ1n) is 7.68. The molecule has 0 atom stereocenters. The van der Waals surface area contributed by atoms with Crippen LogP contribution in [0.2, 0.25) is 0 Å². The Hall–Kier alpha value is -1.65.